The van der Waals surface area contributed by atoms with Crippen LogP contribution in [0.1, 0.15) is 12.8 Å². The van der Waals surface area contributed by atoms with E-state index in [4.69, 9.17) is 0 Å². The van der Waals surface area contributed by atoms with Gasteiger partial charge in [0.15, 0.2) is 0 Å². The zero-order valence-corrected chi connectivity index (χ0v) is 11.0. The molecule has 0 atom stereocenters. The zero-order valence-electron chi connectivity index (χ0n) is 11.0. The average molecular weight is 264 g/mol. The zero-order chi connectivity index (χ0) is 13.8. The smallest absolute Gasteiger partial charge is 0.226 e. The highest BCUT2D eigenvalue weighted by atomic mass is 19.1. The number of rotatable bonds is 5. The summed E-state index contributed by atoms with van der Waals surface area (Å²) in [5.41, 5.74) is 1.32. The Morgan fingerprint density at radius 3 is 3.00 bits per heavy atom. The van der Waals surface area contributed by atoms with Gasteiger partial charge in [0.05, 0.1) is 11.0 Å². The van der Waals surface area contributed by atoms with Gasteiger partial charge in [0.2, 0.25) is 11.9 Å². The molecule has 1 aromatic heterocycles. The maximum Gasteiger partial charge on any atom is 0.226 e. The number of hydrogen-bond acceptors (Lipinski definition) is 3. The molecule has 1 amide bonds. The van der Waals surface area contributed by atoms with Gasteiger partial charge in [-0.25, -0.2) is 9.37 Å². The van der Waals surface area contributed by atoms with Crippen molar-refractivity contribution < 1.29 is 9.18 Å². The van der Waals surface area contributed by atoms with E-state index in [1.165, 1.54) is 12.1 Å². The highest BCUT2D eigenvalue weighted by Crippen LogP contribution is 2.19. The summed E-state index contributed by atoms with van der Waals surface area (Å²) in [4.78, 5) is 15.9. The van der Waals surface area contributed by atoms with Crippen molar-refractivity contribution in [1.29, 1.82) is 0 Å². The number of hydrogen-bond donors (Lipinski definition) is 2. The number of halogens is 1. The molecule has 1 aromatic carbocycles. The maximum atomic E-state index is 13.1. The fourth-order valence-electron chi connectivity index (χ4n) is 1.90. The number of aromatic nitrogens is 2. The Hall–Kier alpha value is -1.95. The van der Waals surface area contributed by atoms with E-state index in [1.807, 2.05) is 7.05 Å². The summed E-state index contributed by atoms with van der Waals surface area (Å²) < 4.78 is 14.8. The highest BCUT2D eigenvalue weighted by Gasteiger charge is 2.11. The minimum absolute atomic E-state index is 0.0888. The normalized spacial score (nSPS) is 10.9. The van der Waals surface area contributed by atoms with Crippen molar-refractivity contribution in [2.75, 3.05) is 18.9 Å². The Morgan fingerprint density at radius 2 is 2.26 bits per heavy atom. The van der Waals surface area contributed by atoms with Gasteiger partial charge in [0.1, 0.15) is 5.82 Å². The third-order valence-corrected chi connectivity index (χ3v) is 2.92. The fraction of sp³-hybridized carbons (Fsp3) is 0.385. The van der Waals surface area contributed by atoms with E-state index < -0.39 is 0 Å². The summed E-state index contributed by atoms with van der Waals surface area (Å²) in [5, 5.41) is 5.72. The Morgan fingerprint density at radius 1 is 1.47 bits per heavy atom. The van der Waals surface area contributed by atoms with Crippen molar-refractivity contribution in [3.05, 3.63) is 24.0 Å². The van der Waals surface area contributed by atoms with Crippen LogP contribution in [0.25, 0.3) is 11.0 Å². The van der Waals surface area contributed by atoms with Crippen LogP contribution in [0.3, 0.4) is 0 Å². The molecule has 0 spiro atoms. The lowest BCUT2D eigenvalue weighted by Crippen LogP contribution is -2.17. The number of imidazole rings is 1. The summed E-state index contributed by atoms with van der Waals surface area (Å²) >= 11 is 0. The first-order valence-corrected chi connectivity index (χ1v) is 6.18. The van der Waals surface area contributed by atoms with E-state index >= 15 is 0 Å². The van der Waals surface area contributed by atoms with Gasteiger partial charge in [-0.3, -0.25) is 10.1 Å². The molecule has 0 aliphatic heterocycles. The molecule has 0 radical (unpaired) electrons. The number of amides is 1. The van der Waals surface area contributed by atoms with E-state index in [0.29, 0.717) is 17.9 Å². The fourth-order valence-corrected chi connectivity index (χ4v) is 1.90. The number of anilines is 1. The van der Waals surface area contributed by atoms with Crippen molar-refractivity contribution in [3.8, 4) is 0 Å². The molecule has 2 aromatic rings. The first-order chi connectivity index (χ1) is 9.11. The van der Waals surface area contributed by atoms with Crippen LogP contribution < -0.4 is 10.6 Å². The van der Waals surface area contributed by atoms with E-state index in [0.717, 1.165) is 18.5 Å². The van der Waals surface area contributed by atoms with Gasteiger partial charge in [-0.1, -0.05) is 0 Å². The van der Waals surface area contributed by atoms with E-state index in [1.54, 1.807) is 17.7 Å². The van der Waals surface area contributed by atoms with E-state index in [9.17, 15) is 9.18 Å². The molecule has 102 valence electrons. The molecule has 2 N–H and O–H groups in total. The van der Waals surface area contributed by atoms with Crippen LogP contribution in [0.15, 0.2) is 18.2 Å². The SMILES string of the molecule is CNCCCC(=O)Nc1nc2cc(F)ccc2n1C. The topological polar surface area (TPSA) is 59.0 Å². The largest absolute Gasteiger partial charge is 0.320 e. The predicted molar refractivity (Wildman–Crippen MR) is 72.5 cm³/mol. The second-order valence-electron chi connectivity index (χ2n) is 4.38. The van der Waals surface area contributed by atoms with Gasteiger partial charge in [0, 0.05) is 19.5 Å². The minimum Gasteiger partial charge on any atom is -0.320 e. The van der Waals surface area contributed by atoms with Crippen LogP contribution in [0.5, 0.6) is 0 Å². The molecule has 0 aliphatic rings. The van der Waals surface area contributed by atoms with Gasteiger partial charge < -0.3 is 9.88 Å². The number of benzene rings is 1. The monoisotopic (exact) mass is 264 g/mol. The molecule has 0 aliphatic carbocycles. The van der Waals surface area contributed by atoms with Crippen LogP contribution >= 0.6 is 0 Å². The Bertz CT molecular complexity index is 594. The van der Waals surface area contributed by atoms with E-state index in [2.05, 4.69) is 15.6 Å². The van der Waals surface area contributed by atoms with Gasteiger partial charge >= 0.3 is 0 Å². The van der Waals surface area contributed by atoms with Crippen molar-refractivity contribution in [2.45, 2.75) is 12.8 Å². The minimum atomic E-state index is -0.336. The lowest BCUT2D eigenvalue weighted by molar-refractivity contribution is -0.116. The number of carbonyl (C=O) groups excluding carboxylic acids is 1. The predicted octanol–water partition coefficient (Wildman–Crippen LogP) is 1.65. The lowest BCUT2D eigenvalue weighted by Gasteiger charge is -2.04. The first-order valence-electron chi connectivity index (χ1n) is 6.18. The van der Waals surface area contributed by atoms with Crippen LogP contribution in [0, 0.1) is 5.82 Å². The third-order valence-electron chi connectivity index (χ3n) is 2.92. The highest BCUT2D eigenvalue weighted by molar-refractivity contribution is 5.91. The van der Waals surface area contributed by atoms with Gasteiger partial charge in [0.25, 0.3) is 0 Å². The molecule has 0 unspecified atom stereocenters. The van der Waals surface area contributed by atoms with E-state index in [-0.39, 0.29) is 11.7 Å². The molecule has 0 saturated heterocycles. The molecular formula is C13H17FN4O. The number of carbonyl (C=O) groups is 1. The first kappa shape index (κ1) is 13.5. The molecule has 5 nitrogen and oxygen atoms in total. The summed E-state index contributed by atoms with van der Waals surface area (Å²) in [6.45, 7) is 0.793. The van der Waals surface area contributed by atoms with Crippen LogP contribution in [-0.4, -0.2) is 29.1 Å². The standard InChI is InChI=1S/C13H17FN4O/c1-15-7-3-4-12(19)17-13-16-10-8-9(14)5-6-11(10)18(13)2/h5-6,8,15H,3-4,7H2,1-2H3,(H,16,17,19). The Balaban J connectivity index is 2.12. The number of aryl methyl sites for hydroxylation is 1. The Kier molecular flexibility index (Phi) is 4.11. The lowest BCUT2D eigenvalue weighted by atomic mass is 10.3. The van der Waals surface area contributed by atoms with Gasteiger partial charge in [-0.2, -0.15) is 0 Å². The second-order valence-corrected chi connectivity index (χ2v) is 4.38. The number of nitrogens with one attached hydrogen (secondary N) is 2. The molecule has 6 heteroatoms. The second kappa shape index (κ2) is 5.79. The molecule has 0 bridgehead atoms. The molecular weight excluding hydrogens is 247 g/mol. The maximum absolute atomic E-state index is 13.1. The average Bonchev–Trinajstić information content (AvgIpc) is 2.66. The molecule has 2 rings (SSSR count). The molecule has 1 heterocycles. The summed E-state index contributed by atoms with van der Waals surface area (Å²) in [5.74, 6) is 0.0154. The molecule has 19 heavy (non-hydrogen) atoms. The number of nitrogens with zero attached hydrogens (tertiary/aromatic N) is 2. The van der Waals surface area contributed by atoms with Crippen molar-refractivity contribution in [1.82, 2.24) is 14.9 Å². The van der Waals surface area contributed by atoms with Crippen LogP contribution in [-0.2, 0) is 11.8 Å². The van der Waals surface area contributed by atoms with Crippen LogP contribution in [0.4, 0.5) is 10.3 Å². The van der Waals surface area contributed by atoms with Gasteiger partial charge in [-0.15, -0.1) is 0 Å². The quantitative estimate of drug-likeness (QED) is 0.807. The summed E-state index contributed by atoms with van der Waals surface area (Å²) in [7, 11) is 3.63. The third kappa shape index (κ3) is 3.08. The number of fused-ring (bicyclic) bond motifs is 1. The Labute approximate surface area is 110 Å². The molecule has 0 saturated carbocycles. The van der Waals surface area contributed by atoms with Crippen molar-refractivity contribution in [3.63, 3.8) is 0 Å². The van der Waals surface area contributed by atoms with Crippen molar-refractivity contribution >= 4 is 22.9 Å². The van der Waals surface area contributed by atoms with Crippen LogP contribution in [0.2, 0.25) is 0 Å². The molecule has 0 fully saturated rings. The summed E-state index contributed by atoms with van der Waals surface area (Å²) in [6, 6.07) is 4.38. The van der Waals surface area contributed by atoms with Crippen molar-refractivity contribution in [2.24, 2.45) is 7.05 Å². The van der Waals surface area contributed by atoms with Gasteiger partial charge in [-0.05, 0) is 32.1 Å². The summed E-state index contributed by atoms with van der Waals surface area (Å²) in [6.07, 6.45) is 1.19.